The lowest BCUT2D eigenvalue weighted by Crippen LogP contribution is -2.35. The number of fused-ring (bicyclic) bond motifs is 2. The topological polar surface area (TPSA) is 82.6 Å². The van der Waals surface area contributed by atoms with Gasteiger partial charge in [-0.15, -0.1) is 22.7 Å². The number of nitrogens with one attached hydrogen (secondary N) is 1. The first-order chi connectivity index (χ1) is 18.7. The van der Waals surface area contributed by atoms with Crippen molar-refractivity contribution in [2.24, 2.45) is 0 Å². The number of benzene rings is 2. The summed E-state index contributed by atoms with van der Waals surface area (Å²) in [5.41, 5.74) is 3.65. The minimum atomic E-state index is -3.59. The molecule has 5 rings (SSSR count). The van der Waals surface area contributed by atoms with Crippen LogP contribution in [0.2, 0.25) is 0 Å². The maximum atomic E-state index is 13.4. The number of para-hydroxylation sites is 1. The summed E-state index contributed by atoms with van der Waals surface area (Å²) in [4.78, 5) is 22.2. The van der Waals surface area contributed by atoms with Gasteiger partial charge in [0.15, 0.2) is 0 Å². The molecule has 7 nitrogen and oxygen atoms in total. The summed E-state index contributed by atoms with van der Waals surface area (Å²) in [6.07, 6.45) is 2.62. The summed E-state index contributed by atoms with van der Waals surface area (Å²) in [5, 5.41) is 4.86. The molecule has 0 bridgehead atoms. The third-order valence-corrected chi connectivity index (χ3v) is 11.3. The first-order valence-electron chi connectivity index (χ1n) is 13.3. The second-order valence-electron chi connectivity index (χ2n) is 10.2. The van der Waals surface area contributed by atoms with Crippen LogP contribution in [0.3, 0.4) is 0 Å². The Labute approximate surface area is 238 Å². The van der Waals surface area contributed by atoms with E-state index in [1.165, 1.54) is 26.9 Å². The zero-order valence-corrected chi connectivity index (χ0v) is 25.2. The Hall–Kier alpha value is -2.63. The second kappa shape index (κ2) is 11.5. The van der Waals surface area contributed by atoms with Gasteiger partial charge in [0.1, 0.15) is 10.0 Å². The number of aromatic nitrogens is 1. The van der Waals surface area contributed by atoms with Crippen molar-refractivity contribution in [3.63, 3.8) is 0 Å². The van der Waals surface area contributed by atoms with E-state index >= 15 is 0 Å². The molecule has 1 aliphatic heterocycles. The van der Waals surface area contributed by atoms with Crippen LogP contribution in [-0.4, -0.2) is 54.7 Å². The number of sulfonamides is 1. The van der Waals surface area contributed by atoms with Crippen LogP contribution in [0.4, 0.5) is 5.00 Å². The first-order valence-corrected chi connectivity index (χ1v) is 16.4. The Bertz CT molecular complexity index is 1560. The molecule has 0 saturated carbocycles. The number of carbonyl (C=O) groups is 1. The van der Waals surface area contributed by atoms with Gasteiger partial charge in [0.05, 0.1) is 15.1 Å². The summed E-state index contributed by atoms with van der Waals surface area (Å²) >= 11 is 3.26. The van der Waals surface area contributed by atoms with Gasteiger partial charge in [-0.05, 0) is 68.7 Å². The number of thiazole rings is 1. The molecular weight excluding hydrogens is 549 g/mol. The monoisotopic (exact) mass is 582 g/mol. The molecule has 0 radical (unpaired) electrons. The molecule has 4 aromatic rings. The SMILES string of the molecule is CCCCN(C)S(=O)(=O)c1ccc(C(=O)Nc2sc3c(c2-c2nc4ccccc4s2)CCN(C(C)C)C3)cc1. The Morgan fingerprint density at radius 2 is 1.87 bits per heavy atom. The minimum Gasteiger partial charge on any atom is -0.313 e. The van der Waals surface area contributed by atoms with Crippen LogP contribution < -0.4 is 5.32 Å². The lowest BCUT2D eigenvalue weighted by atomic mass is 10.0. The lowest BCUT2D eigenvalue weighted by molar-refractivity contribution is 0.102. The number of rotatable bonds is 9. The molecule has 0 unspecified atom stereocenters. The maximum Gasteiger partial charge on any atom is 0.256 e. The highest BCUT2D eigenvalue weighted by molar-refractivity contribution is 7.89. The molecule has 39 heavy (non-hydrogen) atoms. The van der Waals surface area contributed by atoms with Crippen LogP contribution >= 0.6 is 22.7 Å². The van der Waals surface area contributed by atoms with Crippen LogP contribution in [0.15, 0.2) is 53.4 Å². The second-order valence-corrected chi connectivity index (χ2v) is 14.3. The van der Waals surface area contributed by atoms with Crippen molar-refractivity contribution >= 4 is 53.8 Å². The molecule has 10 heteroatoms. The molecule has 0 fully saturated rings. The zero-order chi connectivity index (χ0) is 27.7. The van der Waals surface area contributed by atoms with Crippen LogP contribution in [0.25, 0.3) is 20.8 Å². The van der Waals surface area contributed by atoms with E-state index in [0.29, 0.717) is 18.2 Å². The minimum absolute atomic E-state index is 0.188. The Morgan fingerprint density at radius 1 is 1.13 bits per heavy atom. The Morgan fingerprint density at radius 3 is 2.56 bits per heavy atom. The molecule has 0 saturated heterocycles. The number of anilines is 1. The predicted molar refractivity (Wildman–Crippen MR) is 161 cm³/mol. The fourth-order valence-electron chi connectivity index (χ4n) is 4.79. The van der Waals surface area contributed by atoms with Crippen molar-refractivity contribution < 1.29 is 13.2 Å². The average Bonchev–Trinajstić information content (AvgIpc) is 3.51. The summed E-state index contributed by atoms with van der Waals surface area (Å²) in [6.45, 7) is 8.73. The van der Waals surface area contributed by atoms with Crippen molar-refractivity contribution in [3.05, 3.63) is 64.5 Å². The van der Waals surface area contributed by atoms with Crippen LogP contribution in [0.5, 0.6) is 0 Å². The van der Waals surface area contributed by atoms with E-state index in [4.69, 9.17) is 4.98 Å². The zero-order valence-electron chi connectivity index (χ0n) is 22.7. The van der Waals surface area contributed by atoms with E-state index in [2.05, 4.69) is 30.1 Å². The van der Waals surface area contributed by atoms with E-state index in [-0.39, 0.29) is 10.8 Å². The van der Waals surface area contributed by atoms with Crippen LogP contribution in [0.1, 0.15) is 54.4 Å². The third kappa shape index (κ3) is 5.67. The van der Waals surface area contributed by atoms with Gasteiger partial charge in [-0.1, -0.05) is 25.5 Å². The van der Waals surface area contributed by atoms with Crippen molar-refractivity contribution in [2.75, 3.05) is 25.5 Å². The lowest BCUT2D eigenvalue weighted by Gasteiger charge is -2.30. The first kappa shape index (κ1) is 27.9. The van der Waals surface area contributed by atoms with E-state index in [9.17, 15) is 13.2 Å². The molecule has 1 amide bonds. The molecule has 2 aromatic heterocycles. The van der Waals surface area contributed by atoms with Gasteiger partial charge < -0.3 is 5.32 Å². The van der Waals surface area contributed by atoms with E-state index in [1.54, 1.807) is 41.9 Å². The molecule has 1 N–H and O–H groups in total. The number of thiophene rings is 1. The average molecular weight is 583 g/mol. The smallest absolute Gasteiger partial charge is 0.256 e. The third-order valence-electron chi connectivity index (χ3n) is 7.20. The summed E-state index contributed by atoms with van der Waals surface area (Å²) in [6, 6.07) is 14.7. The maximum absolute atomic E-state index is 13.4. The highest BCUT2D eigenvalue weighted by Crippen LogP contribution is 2.46. The Balaban J connectivity index is 1.45. The molecule has 206 valence electrons. The van der Waals surface area contributed by atoms with Gasteiger partial charge in [0.25, 0.3) is 5.91 Å². The summed E-state index contributed by atoms with van der Waals surface area (Å²) in [5.74, 6) is -0.264. The number of nitrogens with zero attached hydrogens (tertiary/aromatic N) is 3. The molecule has 0 atom stereocenters. The number of amides is 1. The highest BCUT2D eigenvalue weighted by atomic mass is 32.2. The highest BCUT2D eigenvalue weighted by Gasteiger charge is 2.29. The van der Waals surface area contributed by atoms with Crippen molar-refractivity contribution in [1.29, 1.82) is 0 Å². The number of unbranched alkanes of at least 4 members (excludes halogenated alkanes) is 1. The van der Waals surface area contributed by atoms with Crippen LogP contribution in [0, 0.1) is 0 Å². The molecule has 2 aromatic carbocycles. The van der Waals surface area contributed by atoms with Crippen LogP contribution in [-0.2, 0) is 23.0 Å². The molecule has 3 heterocycles. The fourth-order valence-corrected chi connectivity index (χ4v) is 8.38. The molecule has 0 aliphatic carbocycles. The molecule has 1 aliphatic rings. The van der Waals surface area contributed by atoms with Gasteiger partial charge in [-0.25, -0.2) is 17.7 Å². The van der Waals surface area contributed by atoms with Crippen molar-refractivity contribution in [1.82, 2.24) is 14.2 Å². The largest absolute Gasteiger partial charge is 0.313 e. The number of hydrogen-bond donors (Lipinski definition) is 1. The van der Waals surface area contributed by atoms with Crippen molar-refractivity contribution in [2.45, 2.75) is 57.5 Å². The van der Waals surface area contributed by atoms with Gasteiger partial charge in [-0.2, -0.15) is 0 Å². The van der Waals surface area contributed by atoms with Gasteiger partial charge >= 0.3 is 0 Å². The van der Waals surface area contributed by atoms with Gasteiger partial charge in [-0.3, -0.25) is 9.69 Å². The van der Waals surface area contributed by atoms with E-state index in [0.717, 1.165) is 58.1 Å². The van der Waals surface area contributed by atoms with E-state index in [1.807, 2.05) is 25.1 Å². The molecular formula is C29H34N4O3S3. The Kier molecular flexibility index (Phi) is 8.21. The molecule has 0 spiro atoms. The summed E-state index contributed by atoms with van der Waals surface area (Å²) in [7, 11) is -2.00. The summed E-state index contributed by atoms with van der Waals surface area (Å²) < 4.78 is 28.3. The van der Waals surface area contributed by atoms with Gasteiger partial charge in [0.2, 0.25) is 10.0 Å². The quantitative estimate of drug-likeness (QED) is 0.245. The standard InChI is InChI=1S/C29H34N4O3S3/c1-5-6-16-32(4)39(35,36)21-13-11-20(12-14-21)27(34)31-29-26(28-30-23-9-7-8-10-24(23)37-28)22-15-17-33(19(2)3)18-25(22)38-29/h7-14,19H,5-6,15-18H2,1-4H3,(H,31,34). The number of carbonyl (C=O) groups excluding carboxylic acids is 1. The van der Waals surface area contributed by atoms with E-state index < -0.39 is 10.0 Å². The fraction of sp³-hybridized carbons (Fsp3) is 0.379. The number of hydrogen-bond acceptors (Lipinski definition) is 7. The normalized spacial score (nSPS) is 14.3. The van der Waals surface area contributed by atoms with Gasteiger partial charge in [0, 0.05) is 48.7 Å². The van der Waals surface area contributed by atoms with Crippen molar-refractivity contribution in [3.8, 4) is 10.6 Å². The predicted octanol–water partition coefficient (Wildman–Crippen LogP) is 6.46.